The Balaban J connectivity index is 1.63. The molecule has 2 aromatic carbocycles. The topological polar surface area (TPSA) is 95.9 Å². The van der Waals surface area contributed by atoms with E-state index in [1.165, 1.54) is 0 Å². The summed E-state index contributed by atoms with van der Waals surface area (Å²) < 4.78 is 33.3. The zero-order valence-corrected chi connectivity index (χ0v) is 20.2. The molecule has 7 nitrogen and oxygen atoms in total. The van der Waals surface area contributed by atoms with Crippen LogP contribution in [0.2, 0.25) is 0 Å². The fraction of sp³-hybridized carbons (Fsp3) is 0.480. The van der Waals surface area contributed by atoms with Gasteiger partial charge >= 0.3 is 5.97 Å². The molecule has 1 unspecified atom stereocenters. The van der Waals surface area contributed by atoms with Crippen LogP contribution >= 0.6 is 0 Å². The lowest BCUT2D eigenvalue weighted by molar-refractivity contribution is -0.139. The van der Waals surface area contributed by atoms with Crippen LogP contribution in [0.4, 0.5) is 0 Å². The van der Waals surface area contributed by atoms with Gasteiger partial charge in [0.2, 0.25) is 10.0 Å². The number of aliphatic carboxylic acids is 1. The van der Waals surface area contributed by atoms with Gasteiger partial charge in [-0.1, -0.05) is 50.2 Å². The highest BCUT2D eigenvalue weighted by atomic mass is 32.2. The molecule has 0 radical (unpaired) electrons. The molecule has 1 aliphatic heterocycles. The number of rotatable bonds is 11. The van der Waals surface area contributed by atoms with E-state index in [4.69, 9.17) is 4.74 Å². The Morgan fingerprint density at radius 1 is 1.09 bits per heavy atom. The number of hydrogen-bond donors (Lipinski definition) is 2. The maximum atomic E-state index is 12.6. The van der Waals surface area contributed by atoms with Gasteiger partial charge in [-0.3, -0.25) is 9.69 Å². The summed E-state index contributed by atoms with van der Waals surface area (Å²) in [5.74, 6) is -1.13. The van der Waals surface area contributed by atoms with Crippen molar-refractivity contribution in [3.8, 4) is 11.1 Å². The van der Waals surface area contributed by atoms with Gasteiger partial charge in [0.25, 0.3) is 0 Å². The SMILES string of the molecule is CC(C)CC(C(=O)O)c1cccc(-c2ccc(S(=O)(=O)NCCCN3CCOCC3)cc2)c1. The van der Waals surface area contributed by atoms with E-state index in [0.717, 1.165) is 56.0 Å². The van der Waals surface area contributed by atoms with Crippen LogP contribution < -0.4 is 4.72 Å². The summed E-state index contributed by atoms with van der Waals surface area (Å²) in [7, 11) is -3.58. The molecule has 2 N–H and O–H groups in total. The van der Waals surface area contributed by atoms with Crippen molar-refractivity contribution in [3.63, 3.8) is 0 Å². The van der Waals surface area contributed by atoms with Gasteiger partial charge in [0.15, 0.2) is 0 Å². The summed E-state index contributed by atoms with van der Waals surface area (Å²) in [5.41, 5.74) is 2.47. The lowest BCUT2D eigenvalue weighted by Crippen LogP contribution is -2.38. The second-order valence-corrected chi connectivity index (χ2v) is 10.6. The average Bonchev–Trinajstić information content (AvgIpc) is 2.81. The van der Waals surface area contributed by atoms with E-state index in [1.807, 2.05) is 38.1 Å². The van der Waals surface area contributed by atoms with Crippen molar-refractivity contribution < 1.29 is 23.1 Å². The minimum atomic E-state index is -3.58. The van der Waals surface area contributed by atoms with Gasteiger partial charge in [-0.05, 0) is 54.1 Å². The number of sulfonamides is 1. The van der Waals surface area contributed by atoms with E-state index in [9.17, 15) is 18.3 Å². The third-order valence-corrected chi connectivity index (χ3v) is 7.32. The fourth-order valence-electron chi connectivity index (χ4n) is 4.03. The fourth-order valence-corrected chi connectivity index (χ4v) is 5.10. The maximum absolute atomic E-state index is 12.6. The van der Waals surface area contributed by atoms with Crippen LogP contribution in [-0.4, -0.2) is 63.8 Å². The molecule has 33 heavy (non-hydrogen) atoms. The Hall–Kier alpha value is -2.26. The first-order valence-electron chi connectivity index (χ1n) is 11.5. The molecule has 0 aromatic heterocycles. The standard InChI is InChI=1S/C25H34N2O5S/c1-19(2)17-24(25(28)29)22-6-3-5-21(18-22)20-7-9-23(10-8-20)33(30,31)26-11-4-12-27-13-15-32-16-14-27/h3,5-10,18-19,24,26H,4,11-17H2,1-2H3,(H,28,29). The van der Waals surface area contributed by atoms with Crippen molar-refractivity contribution in [2.45, 2.75) is 37.5 Å². The summed E-state index contributed by atoms with van der Waals surface area (Å²) in [4.78, 5) is 14.2. The van der Waals surface area contributed by atoms with Gasteiger partial charge in [-0.2, -0.15) is 0 Å². The van der Waals surface area contributed by atoms with Gasteiger partial charge in [0.1, 0.15) is 0 Å². The number of carboxylic acids is 1. The zero-order chi connectivity index (χ0) is 23.8. The molecule has 3 rings (SSSR count). The molecule has 0 spiro atoms. The Morgan fingerprint density at radius 3 is 2.42 bits per heavy atom. The van der Waals surface area contributed by atoms with E-state index in [1.54, 1.807) is 24.3 Å². The second kappa shape index (κ2) is 11.7. The summed E-state index contributed by atoms with van der Waals surface area (Å²) in [6.45, 7) is 8.49. The maximum Gasteiger partial charge on any atom is 0.310 e. The van der Waals surface area contributed by atoms with Crippen LogP contribution in [-0.2, 0) is 19.6 Å². The number of nitrogens with one attached hydrogen (secondary N) is 1. The first kappa shape index (κ1) is 25.4. The molecule has 1 atom stereocenters. The van der Waals surface area contributed by atoms with Gasteiger partial charge < -0.3 is 9.84 Å². The normalized spacial score (nSPS) is 16.1. The van der Waals surface area contributed by atoms with Crippen LogP contribution in [0.1, 0.15) is 38.2 Å². The predicted octanol–water partition coefficient (Wildman–Crippen LogP) is 3.57. The molecule has 1 saturated heterocycles. The average molecular weight is 475 g/mol. The third kappa shape index (κ3) is 7.37. The Labute approximate surface area is 196 Å². The predicted molar refractivity (Wildman–Crippen MR) is 129 cm³/mol. The summed E-state index contributed by atoms with van der Waals surface area (Å²) >= 11 is 0. The van der Waals surface area contributed by atoms with Crippen molar-refractivity contribution in [1.29, 1.82) is 0 Å². The Morgan fingerprint density at radius 2 is 1.79 bits per heavy atom. The number of carbonyl (C=O) groups is 1. The Kier molecular flexibility index (Phi) is 9.02. The van der Waals surface area contributed by atoms with E-state index in [-0.39, 0.29) is 10.8 Å². The van der Waals surface area contributed by atoms with Crippen molar-refractivity contribution in [3.05, 3.63) is 54.1 Å². The largest absolute Gasteiger partial charge is 0.481 e. The quantitative estimate of drug-likeness (QED) is 0.484. The molecule has 8 heteroatoms. The molecule has 0 amide bonds. The first-order chi connectivity index (χ1) is 15.8. The van der Waals surface area contributed by atoms with Crippen molar-refractivity contribution in [2.24, 2.45) is 5.92 Å². The van der Waals surface area contributed by atoms with Crippen LogP contribution in [0.5, 0.6) is 0 Å². The van der Waals surface area contributed by atoms with Gasteiger partial charge in [0.05, 0.1) is 24.0 Å². The monoisotopic (exact) mass is 474 g/mol. The number of morpholine rings is 1. The molecule has 180 valence electrons. The highest BCUT2D eigenvalue weighted by Crippen LogP contribution is 2.29. The lowest BCUT2D eigenvalue weighted by Gasteiger charge is -2.26. The summed E-state index contributed by atoms with van der Waals surface area (Å²) in [6, 6.07) is 14.2. The van der Waals surface area contributed by atoms with E-state index >= 15 is 0 Å². The molecule has 0 bridgehead atoms. The zero-order valence-electron chi connectivity index (χ0n) is 19.4. The number of hydrogen-bond acceptors (Lipinski definition) is 5. The van der Waals surface area contributed by atoms with Crippen molar-refractivity contribution in [1.82, 2.24) is 9.62 Å². The van der Waals surface area contributed by atoms with Crippen LogP contribution in [0.3, 0.4) is 0 Å². The lowest BCUT2D eigenvalue weighted by atomic mass is 9.89. The smallest absolute Gasteiger partial charge is 0.310 e. The number of carboxylic acid groups (broad SMARTS) is 1. The number of ether oxygens (including phenoxy) is 1. The highest BCUT2D eigenvalue weighted by Gasteiger charge is 2.21. The highest BCUT2D eigenvalue weighted by molar-refractivity contribution is 7.89. The van der Waals surface area contributed by atoms with Crippen LogP contribution in [0.25, 0.3) is 11.1 Å². The summed E-state index contributed by atoms with van der Waals surface area (Å²) in [5, 5.41) is 9.64. The molecule has 1 fully saturated rings. The third-order valence-electron chi connectivity index (χ3n) is 5.84. The second-order valence-electron chi connectivity index (χ2n) is 8.88. The van der Waals surface area contributed by atoms with Gasteiger partial charge in [-0.25, -0.2) is 13.1 Å². The molecular weight excluding hydrogens is 440 g/mol. The van der Waals surface area contributed by atoms with E-state index in [2.05, 4.69) is 9.62 Å². The molecule has 1 aliphatic rings. The number of nitrogens with zero attached hydrogens (tertiary/aromatic N) is 1. The molecular formula is C25H34N2O5S. The Bertz CT molecular complexity index is 1020. The minimum Gasteiger partial charge on any atom is -0.481 e. The van der Waals surface area contributed by atoms with Crippen molar-refractivity contribution in [2.75, 3.05) is 39.4 Å². The van der Waals surface area contributed by atoms with Crippen LogP contribution in [0, 0.1) is 5.92 Å². The number of benzene rings is 2. The van der Waals surface area contributed by atoms with E-state index < -0.39 is 21.9 Å². The van der Waals surface area contributed by atoms with Gasteiger partial charge in [0, 0.05) is 19.6 Å². The molecule has 0 aliphatic carbocycles. The minimum absolute atomic E-state index is 0.219. The van der Waals surface area contributed by atoms with E-state index in [0.29, 0.717) is 13.0 Å². The van der Waals surface area contributed by atoms with Crippen LogP contribution in [0.15, 0.2) is 53.4 Å². The first-order valence-corrected chi connectivity index (χ1v) is 13.0. The summed E-state index contributed by atoms with van der Waals surface area (Å²) in [6.07, 6.45) is 1.30. The molecule has 0 saturated carbocycles. The van der Waals surface area contributed by atoms with Crippen molar-refractivity contribution >= 4 is 16.0 Å². The molecule has 1 heterocycles. The molecule has 2 aromatic rings. The van der Waals surface area contributed by atoms with Gasteiger partial charge in [-0.15, -0.1) is 0 Å².